The van der Waals surface area contributed by atoms with E-state index < -0.39 is 0 Å². The normalized spacial score (nSPS) is 10.8. The molecule has 26 heavy (non-hydrogen) atoms. The maximum Gasteiger partial charge on any atom is 0.198 e. The highest BCUT2D eigenvalue weighted by Gasteiger charge is 2.10. The predicted molar refractivity (Wildman–Crippen MR) is 107 cm³/mol. The number of hydrogen-bond donors (Lipinski definition) is 0. The summed E-state index contributed by atoms with van der Waals surface area (Å²) in [6, 6.07) is 24.1. The minimum Gasteiger partial charge on any atom is -0.475 e. The first-order chi connectivity index (χ1) is 12.8. The van der Waals surface area contributed by atoms with Crippen molar-refractivity contribution in [2.24, 2.45) is 4.99 Å². The lowest BCUT2D eigenvalue weighted by molar-refractivity contribution is 0.270. The zero-order valence-electron chi connectivity index (χ0n) is 14.3. The molecule has 132 valence electrons. The van der Waals surface area contributed by atoms with Crippen molar-refractivity contribution in [2.75, 3.05) is 0 Å². The summed E-state index contributed by atoms with van der Waals surface area (Å²) in [7, 11) is 0. The topological polar surface area (TPSA) is 38.0 Å². The van der Waals surface area contributed by atoms with Gasteiger partial charge in [-0.1, -0.05) is 60.7 Å². The van der Waals surface area contributed by atoms with Gasteiger partial charge in [0.25, 0.3) is 0 Å². The van der Waals surface area contributed by atoms with Crippen LogP contribution in [0.2, 0.25) is 0 Å². The number of aliphatic imine (C=N–C) groups is 1. The number of rotatable bonds is 7. The van der Waals surface area contributed by atoms with Gasteiger partial charge in [0.1, 0.15) is 12.4 Å². The highest BCUT2D eigenvalue weighted by atomic mass is 32.1. The summed E-state index contributed by atoms with van der Waals surface area (Å²) in [6.07, 6.45) is 3.00. The second kappa shape index (κ2) is 9.53. The molecule has 0 aliphatic carbocycles. The first-order valence-corrected chi connectivity index (χ1v) is 8.75. The highest BCUT2D eigenvalue weighted by Crippen LogP contribution is 2.12. The van der Waals surface area contributed by atoms with Crippen molar-refractivity contribution in [3.8, 4) is 0 Å². The van der Waals surface area contributed by atoms with Crippen LogP contribution in [0.4, 0.5) is 0 Å². The molecule has 1 aromatic heterocycles. The molecule has 1 heterocycles. The molecule has 0 bridgehead atoms. The lowest BCUT2D eigenvalue weighted by Gasteiger charge is -2.23. The molecular formula is C21H20N2O2S. The molecule has 0 radical (unpaired) electrons. The third-order valence-corrected chi connectivity index (χ3v) is 4.11. The van der Waals surface area contributed by atoms with Crippen LogP contribution >= 0.6 is 12.2 Å². The number of hydrogen-bond acceptors (Lipinski definition) is 3. The largest absolute Gasteiger partial charge is 0.475 e. The maximum absolute atomic E-state index is 5.51. The fourth-order valence-corrected chi connectivity index (χ4v) is 2.65. The van der Waals surface area contributed by atoms with E-state index in [9.17, 15) is 0 Å². The molecule has 3 rings (SSSR count). The van der Waals surface area contributed by atoms with Gasteiger partial charge in [0.2, 0.25) is 0 Å². The molecule has 0 fully saturated rings. The van der Waals surface area contributed by atoms with Gasteiger partial charge in [0.15, 0.2) is 11.5 Å². The Labute approximate surface area is 158 Å². The third-order valence-electron chi connectivity index (χ3n) is 3.75. The minimum atomic E-state index is 0.330. The Kier molecular flexibility index (Phi) is 6.56. The van der Waals surface area contributed by atoms with Crippen LogP contribution in [0.1, 0.15) is 16.9 Å². The molecule has 4 nitrogen and oxygen atoms in total. The Hall–Kier alpha value is -2.92. The zero-order chi connectivity index (χ0) is 18.0. The van der Waals surface area contributed by atoms with Gasteiger partial charge in [-0.15, -0.1) is 0 Å². The Morgan fingerprint density at radius 1 is 0.923 bits per heavy atom. The van der Waals surface area contributed by atoms with E-state index in [-0.39, 0.29) is 0 Å². The Morgan fingerprint density at radius 3 is 2.08 bits per heavy atom. The van der Waals surface area contributed by atoms with Crippen LogP contribution in [-0.4, -0.2) is 16.4 Å². The number of nitrogens with zero attached hydrogens (tertiary/aromatic N) is 2. The maximum atomic E-state index is 5.51. The van der Waals surface area contributed by atoms with E-state index in [2.05, 4.69) is 29.3 Å². The molecule has 2 aromatic carbocycles. The SMILES string of the molecule is S=C(/N=C\OCc1ccco1)N(Cc1ccccc1)Cc1ccccc1. The van der Waals surface area contributed by atoms with E-state index in [0.717, 1.165) is 5.76 Å². The number of benzene rings is 2. The van der Waals surface area contributed by atoms with Crippen LogP contribution in [0.5, 0.6) is 0 Å². The van der Waals surface area contributed by atoms with E-state index >= 15 is 0 Å². The molecule has 0 atom stereocenters. The van der Waals surface area contributed by atoms with Gasteiger partial charge in [-0.05, 0) is 35.5 Å². The van der Waals surface area contributed by atoms with Gasteiger partial charge in [-0.2, -0.15) is 4.99 Å². The molecule has 0 aliphatic rings. The van der Waals surface area contributed by atoms with Crippen LogP contribution in [-0.2, 0) is 24.4 Å². The van der Waals surface area contributed by atoms with Crippen LogP contribution in [0, 0.1) is 0 Å². The van der Waals surface area contributed by atoms with Crippen LogP contribution in [0.3, 0.4) is 0 Å². The van der Waals surface area contributed by atoms with Crippen molar-refractivity contribution >= 4 is 23.7 Å². The molecule has 0 saturated heterocycles. The average molecular weight is 364 g/mol. The molecule has 0 spiro atoms. The van der Waals surface area contributed by atoms with Crippen LogP contribution in [0.15, 0.2) is 88.5 Å². The van der Waals surface area contributed by atoms with Gasteiger partial charge in [-0.25, -0.2) is 0 Å². The van der Waals surface area contributed by atoms with E-state index in [1.807, 2.05) is 53.4 Å². The first-order valence-electron chi connectivity index (χ1n) is 8.34. The van der Waals surface area contributed by atoms with Crippen LogP contribution in [0.25, 0.3) is 0 Å². The molecule has 0 saturated carbocycles. The summed E-state index contributed by atoms with van der Waals surface area (Å²) in [6.45, 7) is 1.70. The quantitative estimate of drug-likeness (QED) is 0.342. The Morgan fingerprint density at radius 2 is 1.54 bits per heavy atom. The van der Waals surface area contributed by atoms with Gasteiger partial charge < -0.3 is 14.1 Å². The summed E-state index contributed by atoms with van der Waals surface area (Å²) >= 11 is 5.51. The molecule has 0 aliphatic heterocycles. The average Bonchev–Trinajstić information content (AvgIpc) is 3.20. The van der Waals surface area contributed by atoms with Gasteiger partial charge in [-0.3, -0.25) is 0 Å². The van der Waals surface area contributed by atoms with Crippen LogP contribution < -0.4 is 0 Å². The molecule has 3 aromatic rings. The van der Waals surface area contributed by atoms with E-state index in [1.54, 1.807) is 6.26 Å². The van der Waals surface area contributed by atoms with Crippen molar-refractivity contribution in [2.45, 2.75) is 19.7 Å². The zero-order valence-corrected chi connectivity index (χ0v) is 15.1. The van der Waals surface area contributed by atoms with Crippen molar-refractivity contribution in [1.82, 2.24) is 4.90 Å². The minimum absolute atomic E-state index is 0.330. The second-order valence-corrected chi connectivity index (χ2v) is 6.10. The fraction of sp³-hybridized carbons (Fsp3) is 0.143. The molecule has 0 N–H and O–H groups in total. The van der Waals surface area contributed by atoms with E-state index in [4.69, 9.17) is 21.4 Å². The molecule has 5 heteroatoms. The molecular weight excluding hydrogens is 344 g/mol. The molecule has 0 unspecified atom stereocenters. The summed E-state index contributed by atoms with van der Waals surface area (Å²) in [5.74, 6) is 0.743. The number of furan rings is 1. The summed E-state index contributed by atoms with van der Waals surface area (Å²) in [5.41, 5.74) is 2.36. The standard InChI is InChI=1S/C21H20N2O2S/c26-21(22-17-24-16-20-12-7-13-25-20)23(14-18-8-3-1-4-9-18)15-19-10-5-2-6-11-19/h1-13,17H,14-16H2/b22-17-. The second-order valence-electron chi connectivity index (χ2n) is 5.73. The summed E-state index contributed by atoms with van der Waals surface area (Å²) in [4.78, 5) is 6.33. The van der Waals surface area contributed by atoms with Gasteiger partial charge >= 0.3 is 0 Å². The summed E-state index contributed by atoms with van der Waals surface area (Å²) < 4.78 is 10.6. The number of ether oxygens (including phenoxy) is 1. The lowest BCUT2D eigenvalue weighted by atomic mass is 10.2. The van der Waals surface area contributed by atoms with Gasteiger partial charge in [0.05, 0.1) is 6.26 Å². The highest BCUT2D eigenvalue weighted by molar-refractivity contribution is 7.80. The third kappa shape index (κ3) is 5.57. The van der Waals surface area contributed by atoms with E-state index in [0.29, 0.717) is 24.8 Å². The fourth-order valence-electron chi connectivity index (χ4n) is 2.48. The van der Waals surface area contributed by atoms with Crippen molar-refractivity contribution in [1.29, 1.82) is 0 Å². The smallest absolute Gasteiger partial charge is 0.198 e. The van der Waals surface area contributed by atoms with Crippen molar-refractivity contribution in [3.05, 3.63) is 95.9 Å². The first kappa shape index (κ1) is 17.9. The van der Waals surface area contributed by atoms with E-state index in [1.165, 1.54) is 17.5 Å². The van der Waals surface area contributed by atoms with Gasteiger partial charge in [0, 0.05) is 13.1 Å². The Bertz CT molecular complexity index is 776. The number of thiocarbonyl (C=S) groups is 1. The Balaban J connectivity index is 1.64. The monoisotopic (exact) mass is 364 g/mol. The van der Waals surface area contributed by atoms with Crippen molar-refractivity contribution < 1.29 is 9.15 Å². The lowest BCUT2D eigenvalue weighted by Crippen LogP contribution is -2.27. The summed E-state index contributed by atoms with van der Waals surface area (Å²) in [5, 5.41) is 0.483. The van der Waals surface area contributed by atoms with Crippen molar-refractivity contribution in [3.63, 3.8) is 0 Å². The molecule has 0 amide bonds. The predicted octanol–water partition coefficient (Wildman–Crippen LogP) is 4.81.